The first-order valence-corrected chi connectivity index (χ1v) is 16.3. The third-order valence-electron chi connectivity index (χ3n) is 12.1. The molecule has 4 aliphatic rings. The lowest BCUT2D eigenvalue weighted by molar-refractivity contribution is -0.151. The quantitative estimate of drug-likeness (QED) is 0.166. The Labute approximate surface area is 234 Å². The van der Waals surface area contributed by atoms with Gasteiger partial charge in [-0.05, 0) is 116 Å². The van der Waals surface area contributed by atoms with Crippen molar-refractivity contribution in [1.29, 1.82) is 0 Å². The summed E-state index contributed by atoms with van der Waals surface area (Å²) in [7, 11) is 0. The summed E-state index contributed by atoms with van der Waals surface area (Å²) in [6, 6.07) is 0. The average Bonchev–Trinajstić information content (AvgIpc) is 3.24. The predicted octanol–water partition coefficient (Wildman–Crippen LogP) is 8.90. The van der Waals surface area contributed by atoms with E-state index in [1.54, 1.807) is 5.57 Å². The molecule has 0 aromatic rings. The van der Waals surface area contributed by atoms with Gasteiger partial charge in [-0.15, -0.1) is 0 Å². The second-order valence-corrected chi connectivity index (χ2v) is 14.4. The summed E-state index contributed by atoms with van der Waals surface area (Å²) in [4.78, 5) is 12.4. The van der Waals surface area contributed by atoms with Crippen LogP contribution < -0.4 is 0 Å². The van der Waals surface area contributed by atoms with Crippen molar-refractivity contribution in [1.82, 2.24) is 0 Å². The van der Waals surface area contributed by atoms with Gasteiger partial charge in [0.1, 0.15) is 6.10 Å². The zero-order chi connectivity index (χ0) is 27.5. The molecule has 0 spiro atoms. The number of carbonyl (C=O) groups is 1. The summed E-state index contributed by atoms with van der Waals surface area (Å²) in [5, 5.41) is 8.95. The number of allylic oxidation sites excluding steroid dienone is 3. The maximum absolute atomic E-state index is 12.4. The monoisotopic (exact) mass is 526 g/mol. The standard InChI is InChI=1S/C35H58O3/c1-7-26(24(2)3)13-12-25(4)30-16-17-31-29-15-14-27-23-28(38-33(37)11-9-8-10-22-36)18-20-34(27,5)32(29)19-21-35(30,31)6/h12-14,24-26,28-32,36H,7-11,15-23H2,1-6H3/b13-12+/t25-,26-,28+,29?,30-,31?,32?,34+,35-/m1/s1. The summed E-state index contributed by atoms with van der Waals surface area (Å²) >= 11 is 0. The number of hydrogen-bond acceptors (Lipinski definition) is 3. The van der Waals surface area contributed by atoms with E-state index < -0.39 is 0 Å². The molecule has 0 aromatic heterocycles. The fourth-order valence-electron chi connectivity index (χ4n) is 9.72. The molecule has 38 heavy (non-hydrogen) atoms. The number of aliphatic hydroxyl groups is 1. The molecule has 3 nitrogen and oxygen atoms in total. The summed E-state index contributed by atoms with van der Waals surface area (Å²) in [5.41, 5.74) is 2.37. The highest BCUT2D eigenvalue weighted by molar-refractivity contribution is 5.69. The molecule has 3 fully saturated rings. The molecule has 0 aliphatic heterocycles. The lowest BCUT2D eigenvalue weighted by Gasteiger charge is -2.58. The van der Waals surface area contributed by atoms with Crippen LogP contribution in [0.2, 0.25) is 0 Å². The van der Waals surface area contributed by atoms with Crippen molar-refractivity contribution in [2.45, 2.75) is 131 Å². The summed E-state index contributed by atoms with van der Waals surface area (Å²) in [6.07, 6.45) is 22.0. The largest absolute Gasteiger partial charge is 0.462 e. The van der Waals surface area contributed by atoms with E-state index >= 15 is 0 Å². The number of hydrogen-bond donors (Lipinski definition) is 1. The van der Waals surface area contributed by atoms with Crippen LogP contribution in [0.15, 0.2) is 23.8 Å². The summed E-state index contributed by atoms with van der Waals surface area (Å²) in [6.45, 7) is 15.0. The van der Waals surface area contributed by atoms with Crippen molar-refractivity contribution in [3.05, 3.63) is 23.8 Å². The van der Waals surface area contributed by atoms with Gasteiger partial charge >= 0.3 is 5.97 Å². The Morgan fingerprint density at radius 2 is 1.84 bits per heavy atom. The summed E-state index contributed by atoms with van der Waals surface area (Å²) in [5.74, 6) is 5.37. The van der Waals surface area contributed by atoms with Gasteiger partial charge in [-0.25, -0.2) is 0 Å². The van der Waals surface area contributed by atoms with E-state index in [-0.39, 0.29) is 18.7 Å². The van der Waals surface area contributed by atoms with Crippen LogP contribution in [0, 0.1) is 52.3 Å². The minimum absolute atomic E-state index is 0.0434. The van der Waals surface area contributed by atoms with Gasteiger partial charge in [-0.2, -0.15) is 0 Å². The molecule has 4 aliphatic carbocycles. The number of unbranched alkanes of at least 4 members (excludes halogenated alkanes) is 2. The fraction of sp³-hybridized carbons (Fsp3) is 0.857. The Bertz CT molecular complexity index is 857. The highest BCUT2D eigenvalue weighted by Crippen LogP contribution is 2.67. The van der Waals surface area contributed by atoms with Crippen LogP contribution in [0.3, 0.4) is 0 Å². The molecule has 0 aromatic carbocycles. The van der Waals surface area contributed by atoms with E-state index in [1.165, 1.54) is 44.9 Å². The molecule has 9 atom stereocenters. The van der Waals surface area contributed by atoms with Gasteiger partial charge in [-0.1, -0.05) is 71.8 Å². The molecule has 3 unspecified atom stereocenters. The first kappa shape index (κ1) is 29.9. The third kappa shape index (κ3) is 5.98. The Hall–Kier alpha value is -1.09. The zero-order valence-electron chi connectivity index (χ0n) is 25.5. The SMILES string of the molecule is CC[C@H](/C=C/[C@@H](C)[C@H]1CCC2C3CC=C4C[C@@H](OC(=O)CCCCCO)CC[C@]4(C)C3CC[C@@]21C)C(C)C. The second kappa shape index (κ2) is 12.6. The number of ether oxygens (including phenoxy) is 1. The number of esters is 1. The maximum Gasteiger partial charge on any atom is 0.306 e. The molecular formula is C35H58O3. The van der Waals surface area contributed by atoms with Gasteiger partial charge in [0.25, 0.3) is 0 Å². The van der Waals surface area contributed by atoms with Gasteiger partial charge in [-0.3, -0.25) is 4.79 Å². The number of aliphatic hydroxyl groups excluding tert-OH is 1. The summed E-state index contributed by atoms with van der Waals surface area (Å²) < 4.78 is 5.94. The minimum Gasteiger partial charge on any atom is -0.462 e. The molecule has 1 N–H and O–H groups in total. The number of rotatable bonds is 11. The normalized spacial score (nSPS) is 38.3. The molecule has 216 valence electrons. The molecule has 3 heteroatoms. The highest BCUT2D eigenvalue weighted by atomic mass is 16.5. The van der Waals surface area contributed by atoms with Crippen LogP contribution in [-0.4, -0.2) is 23.8 Å². The van der Waals surface area contributed by atoms with E-state index in [9.17, 15) is 4.79 Å². The molecule has 0 heterocycles. The molecule has 0 saturated heterocycles. The van der Waals surface area contributed by atoms with Crippen molar-refractivity contribution < 1.29 is 14.6 Å². The van der Waals surface area contributed by atoms with Crippen LogP contribution in [0.5, 0.6) is 0 Å². The first-order valence-electron chi connectivity index (χ1n) is 16.3. The van der Waals surface area contributed by atoms with Crippen LogP contribution in [-0.2, 0) is 9.53 Å². The van der Waals surface area contributed by atoms with Gasteiger partial charge in [0, 0.05) is 19.4 Å². The van der Waals surface area contributed by atoms with E-state index in [1.807, 2.05) is 0 Å². The van der Waals surface area contributed by atoms with Crippen LogP contribution >= 0.6 is 0 Å². The Morgan fingerprint density at radius 1 is 1.05 bits per heavy atom. The number of fused-ring (bicyclic) bond motifs is 5. The molecule has 0 bridgehead atoms. The van der Waals surface area contributed by atoms with E-state index in [2.05, 4.69) is 59.8 Å². The Morgan fingerprint density at radius 3 is 2.55 bits per heavy atom. The van der Waals surface area contributed by atoms with Crippen LogP contribution in [0.4, 0.5) is 0 Å². The zero-order valence-corrected chi connectivity index (χ0v) is 25.5. The van der Waals surface area contributed by atoms with Gasteiger partial charge in [0.2, 0.25) is 0 Å². The minimum atomic E-state index is -0.0434. The molecule has 0 radical (unpaired) electrons. The second-order valence-electron chi connectivity index (χ2n) is 14.4. The fourth-order valence-corrected chi connectivity index (χ4v) is 9.72. The third-order valence-corrected chi connectivity index (χ3v) is 12.1. The predicted molar refractivity (Wildman–Crippen MR) is 158 cm³/mol. The van der Waals surface area contributed by atoms with E-state index in [0.717, 1.165) is 61.7 Å². The smallest absolute Gasteiger partial charge is 0.306 e. The van der Waals surface area contributed by atoms with Crippen LogP contribution in [0.25, 0.3) is 0 Å². The van der Waals surface area contributed by atoms with Gasteiger partial charge in [0.05, 0.1) is 0 Å². The van der Waals surface area contributed by atoms with Crippen molar-refractivity contribution in [3.8, 4) is 0 Å². The van der Waals surface area contributed by atoms with Gasteiger partial charge < -0.3 is 9.84 Å². The van der Waals surface area contributed by atoms with Crippen LogP contribution in [0.1, 0.15) is 125 Å². The topological polar surface area (TPSA) is 46.5 Å². The van der Waals surface area contributed by atoms with Gasteiger partial charge in [0.15, 0.2) is 0 Å². The molecule has 4 rings (SSSR count). The van der Waals surface area contributed by atoms with Crippen molar-refractivity contribution >= 4 is 5.97 Å². The van der Waals surface area contributed by atoms with E-state index in [4.69, 9.17) is 9.84 Å². The lowest BCUT2D eigenvalue weighted by atomic mass is 9.47. The highest BCUT2D eigenvalue weighted by Gasteiger charge is 2.59. The van der Waals surface area contributed by atoms with Crippen molar-refractivity contribution in [2.24, 2.45) is 52.3 Å². The lowest BCUT2D eigenvalue weighted by Crippen LogP contribution is -2.51. The Kier molecular flexibility index (Phi) is 9.92. The van der Waals surface area contributed by atoms with E-state index in [0.29, 0.717) is 29.1 Å². The average molecular weight is 527 g/mol. The van der Waals surface area contributed by atoms with Crippen molar-refractivity contribution in [3.63, 3.8) is 0 Å². The molecule has 3 saturated carbocycles. The van der Waals surface area contributed by atoms with Crippen molar-refractivity contribution in [2.75, 3.05) is 6.61 Å². The first-order chi connectivity index (χ1) is 18.1. The maximum atomic E-state index is 12.4. The molecular weight excluding hydrogens is 468 g/mol. The molecule has 0 amide bonds. The number of carbonyl (C=O) groups excluding carboxylic acids is 1. The Balaban J connectivity index is 1.39.